The van der Waals surface area contributed by atoms with Crippen molar-refractivity contribution in [1.29, 1.82) is 0 Å². The second kappa shape index (κ2) is 7.93. The molecule has 1 aromatic heterocycles. The fourth-order valence-corrected chi connectivity index (χ4v) is 5.51. The average Bonchev–Trinajstić information content (AvgIpc) is 2.74. The quantitative estimate of drug-likeness (QED) is 0.705. The molecule has 0 bridgehead atoms. The van der Waals surface area contributed by atoms with Crippen molar-refractivity contribution in [2.24, 2.45) is 0 Å². The zero-order valence-electron chi connectivity index (χ0n) is 16.2. The Morgan fingerprint density at radius 2 is 1.90 bits per heavy atom. The molecule has 0 saturated carbocycles. The van der Waals surface area contributed by atoms with E-state index >= 15 is 0 Å². The number of carbonyl (C=O) groups excluding carboxylic acids is 1. The monoisotopic (exact) mass is 409 g/mol. The maximum absolute atomic E-state index is 13.1. The number of para-hydroxylation sites is 1. The molecule has 4 rings (SSSR count). The van der Waals surface area contributed by atoms with Gasteiger partial charge in [0.05, 0.1) is 16.1 Å². The lowest BCUT2D eigenvalue weighted by atomic mass is 10.1. The van der Waals surface area contributed by atoms with Gasteiger partial charge in [0, 0.05) is 29.7 Å². The zero-order valence-corrected chi connectivity index (χ0v) is 17.0. The van der Waals surface area contributed by atoms with Gasteiger partial charge in [-0.05, 0) is 50.1 Å². The van der Waals surface area contributed by atoms with E-state index < -0.39 is 10.0 Å². The van der Waals surface area contributed by atoms with Gasteiger partial charge >= 0.3 is 0 Å². The van der Waals surface area contributed by atoms with Crippen molar-refractivity contribution in [3.63, 3.8) is 0 Å². The summed E-state index contributed by atoms with van der Waals surface area (Å²) in [5.74, 6) is -0.369. The Morgan fingerprint density at radius 1 is 1.10 bits per heavy atom. The summed E-state index contributed by atoms with van der Waals surface area (Å²) in [7, 11) is -3.63. The van der Waals surface area contributed by atoms with Crippen molar-refractivity contribution in [2.75, 3.05) is 11.9 Å². The van der Waals surface area contributed by atoms with Crippen LogP contribution in [0.2, 0.25) is 0 Å². The van der Waals surface area contributed by atoms with E-state index in [2.05, 4.69) is 10.3 Å². The number of carbonyl (C=O) groups is 1. The van der Waals surface area contributed by atoms with E-state index in [-0.39, 0.29) is 16.8 Å². The van der Waals surface area contributed by atoms with Gasteiger partial charge in [0.25, 0.3) is 5.91 Å². The minimum Gasteiger partial charge on any atom is -0.320 e. The smallest absolute Gasteiger partial charge is 0.255 e. The van der Waals surface area contributed by atoms with Crippen molar-refractivity contribution in [3.8, 4) is 0 Å². The molecule has 1 amide bonds. The first-order valence-corrected chi connectivity index (χ1v) is 11.2. The summed E-state index contributed by atoms with van der Waals surface area (Å²) in [6.07, 6.45) is 4.42. The summed E-state index contributed by atoms with van der Waals surface area (Å²) >= 11 is 0. The van der Waals surface area contributed by atoms with Crippen molar-refractivity contribution in [1.82, 2.24) is 9.29 Å². The second-order valence-corrected chi connectivity index (χ2v) is 9.21. The Morgan fingerprint density at radius 3 is 2.72 bits per heavy atom. The third-order valence-corrected chi connectivity index (χ3v) is 7.34. The van der Waals surface area contributed by atoms with Gasteiger partial charge in [-0.3, -0.25) is 9.78 Å². The molecule has 1 aliphatic heterocycles. The Kier molecular flexibility index (Phi) is 5.34. The molecule has 150 valence electrons. The Bertz CT molecular complexity index is 1160. The SMILES string of the molecule is CC1CCCCN1S(=O)(=O)c1cccc(C(=O)Nc2cccc3cccnc23)c1. The summed E-state index contributed by atoms with van der Waals surface area (Å²) in [5.41, 5.74) is 1.57. The fourth-order valence-electron chi connectivity index (χ4n) is 3.76. The Labute approximate surface area is 170 Å². The number of hydrogen-bond donors (Lipinski definition) is 1. The highest BCUT2D eigenvalue weighted by Gasteiger charge is 2.31. The molecular weight excluding hydrogens is 386 g/mol. The molecular formula is C22H23N3O3S. The molecule has 1 fully saturated rings. The van der Waals surface area contributed by atoms with Crippen LogP contribution in [0.5, 0.6) is 0 Å². The van der Waals surface area contributed by atoms with E-state index in [0.717, 1.165) is 24.6 Å². The summed E-state index contributed by atoms with van der Waals surface area (Å²) < 4.78 is 27.7. The van der Waals surface area contributed by atoms with Gasteiger partial charge in [-0.2, -0.15) is 4.31 Å². The van der Waals surface area contributed by atoms with E-state index in [4.69, 9.17) is 0 Å². The van der Waals surface area contributed by atoms with E-state index in [1.165, 1.54) is 6.07 Å². The van der Waals surface area contributed by atoms with Crippen LogP contribution in [-0.4, -0.2) is 36.2 Å². The highest BCUT2D eigenvalue weighted by molar-refractivity contribution is 7.89. The molecule has 6 nitrogen and oxygen atoms in total. The molecule has 7 heteroatoms. The van der Waals surface area contributed by atoms with E-state index in [1.807, 2.05) is 31.2 Å². The average molecular weight is 410 g/mol. The van der Waals surface area contributed by atoms with Gasteiger partial charge < -0.3 is 5.32 Å². The van der Waals surface area contributed by atoms with Crippen LogP contribution in [0.4, 0.5) is 5.69 Å². The van der Waals surface area contributed by atoms with Crippen LogP contribution in [-0.2, 0) is 10.0 Å². The first-order valence-electron chi connectivity index (χ1n) is 9.74. The van der Waals surface area contributed by atoms with Crippen molar-refractivity contribution in [3.05, 3.63) is 66.4 Å². The number of piperidine rings is 1. The van der Waals surface area contributed by atoms with E-state index in [1.54, 1.807) is 34.8 Å². The summed E-state index contributed by atoms with van der Waals surface area (Å²) in [4.78, 5) is 17.3. The van der Waals surface area contributed by atoms with Gasteiger partial charge in [0.15, 0.2) is 0 Å². The number of rotatable bonds is 4. The number of amides is 1. The first kappa shape index (κ1) is 19.5. The number of aromatic nitrogens is 1. The van der Waals surface area contributed by atoms with Crippen molar-refractivity contribution >= 4 is 32.5 Å². The Balaban J connectivity index is 1.62. The molecule has 29 heavy (non-hydrogen) atoms. The molecule has 0 radical (unpaired) electrons. The van der Waals surface area contributed by atoms with Crippen LogP contribution in [0.15, 0.2) is 65.7 Å². The predicted octanol–water partition coefficient (Wildman–Crippen LogP) is 4.05. The molecule has 1 unspecified atom stereocenters. The number of hydrogen-bond acceptors (Lipinski definition) is 4. The lowest BCUT2D eigenvalue weighted by Crippen LogP contribution is -2.41. The van der Waals surface area contributed by atoms with Crippen LogP contribution < -0.4 is 5.32 Å². The van der Waals surface area contributed by atoms with Crippen LogP contribution in [0.1, 0.15) is 36.5 Å². The predicted molar refractivity (Wildman–Crippen MR) is 113 cm³/mol. The number of anilines is 1. The van der Waals surface area contributed by atoms with Crippen LogP contribution >= 0.6 is 0 Å². The molecule has 1 aliphatic rings. The molecule has 2 heterocycles. The van der Waals surface area contributed by atoms with E-state index in [9.17, 15) is 13.2 Å². The fraction of sp³-hybridized carbons (Fsp3) is 0.273. The standard InChI is InChI=1S/C22H23N3O3S/c1-16-7-2-3-14-25(16)29(27,28)19-11-4-9-18(15-19)22(26)24-20-12-5-8-17-10-6-13-23-21(17)20/h4-6,8-13,15-16H,2-3,7,14H2,1H3,(H,24,26). The largest absolute Gasteiger partial charge is 0.320 e. The highest BCUT2D eigenvalue weighted by atomic mass is 32.2. The number of sulfonamides is 1. The van der Waals surface area contributed by atoms with Crippen molar-refractivity contribution < 1.29 is 13.2 Å². The summed E-state index contributed by atoms with van der Waals surface area (Å²) in [5, 5.41) is 3.78. The maximum atomic E-state index is 13.1. The van der Waals surface area contributed by atoms with Gasteiger partial charge in [-0.1, -0.05) is 30.7 Å². The van der Waals surface area contributed by atoms with Crippen LogP contribution in [0.3, 0.4) is 0 Å². The number of benzene rings is 2. The summed E-state index contributed by atoms with van der Waals surface area (Å²) in [6.45, 7) is 2.45. The molecule has 2 aromatic carbocycles. The minimum atomic E-state index is -3.63. The number of nitrogens with zero attached hydrogens (tertiary/aromatic N) is 2. The first-order chi connectivity index (χ1) is 14.0. The lowest BCUT2D eigenvalue weighted by molar-refractivity contribution is 0.102. The minimum absolute atomic E-state index is 0.0343. The van der Waals surface area contributed by atoms with Gasteiger partial charge in [0.1, 0.15) is 0 Å². The molecule has 0 spiro atoms. The third kappa shape index (κ3) is 3.88. The van der Waals surface area contributed by atoms with Crippen LogP contribution in [0.25, 0.3) is 10.9 Å². The van der Waals surface area contributed by atoms with Crippen molar-refractivity contribution in [2.45, 2.75) is 37.1 Å². The number of nitrogens with one attached hydrogen (secondary N) is 1. The molecule has 1 N–H and O–H groups in total. The number of pyridine rings is 1. The molecule has 1 saturated heterocycles. The van der Waals surface area contributed by atoms with Crippen LogP contribution in [0, 0.1) is 0 Å². The van der Waals surface area contributed by atoms with E-state index in [0.29, 0.717) is 23.3 Å². The maximum Gasteiger partial charge on any atom is 0.255 e. The lowest BCUT2D eigenvalue weighted by Gasteiger charge is -2.32. The third-order valence-electron chi connectivity index (χ3n) is 5.33. The van der Waals surface area contributed by atoms with Gasteiger partial charge in [-0.15, -0.1) is 0 Å². The molecule has 0 aliphatic carbocycles. The van der Waals surface area contributed by atoms with Gasteiger partial charge in [0.2, 0.25) is 10.0 Å². The molecule has 1 atom stereocenters. The number of fused-ring (bicyclic) bond motifs is 1. The topological polar surface area (TPSA) is 79.4 Å². The molecule has 3 aromatic rings. The normalized spacial score (nSPS) is 17.9. The zero-order chi connectivity index (χ0) is 20.4. The van der Waals surface area contributed by atoms with Gasteiger partial charge in [-0.25, -0.2) is 8.42 Å². The highest BCUT2D eigenvalue weighted by Crippen LogP contribution is 2.26. The second-order valence-electron chi connectivity index (χ2n) is 7.32. The summed E-state index contributed by atoms with van der Waals surface area (Å²) in [6, 6.07) is 15.5. The Hall–Kier alpha value is -2.77.